The van der Waals surface area contributed by atoms with E-state index in [0.29, 0.717) is 6.10 Å². The molecule has 0 aromatic carbocycles. The highest BCUT2D eigenvalue weighted by Crippen LogP contribution is 2.23. The van der Waals surface area contributed by atoms with Crippen LogP contribution in [0.1, 0.15) is 44.9 Å². The number of ether oxygens (including phenoxy) is 1. The van der Waals surface area contributed by atoms with Crippen molar-refractivity contribution in [3.8, 4) is 0 Å². The highest BCUT2D eigenvalue weighted by molar-refractivity contribution is 4.71. The van der Waals surface area contributed by atoms with Crippen molar-refractivity contribution in [2.75, 3.05) is 19.7 Å². The van der Waals surface area contributed by atoms with Crippen molar-refractivity contribution in [3.05, 3.63) is 0 Å². The highest BCUT2D eigenvalue weighted by Gasteiger charge is 2.16. The van der Waals surface area contributed by atoms with Crippen LogP contribution in [0.2, 0.25) is 0 Å². The maximum absolute atomic E-state index is 5.58. The molecule has 1 aliphatic heterocycles. The van der Waals surface area contributed by atoms with E-state index < -0.39 is 0 Å². The molecule has 0 aromatic heterocycles. The lowest BCUT2D eigenvalue weighted by Crippen LogP contribution is -2.25. The molecule has 2 nitrogen and oxygen atoms in total. The van der Waals surface area contributed by atoms with Gasteiger partial charge in [-0.25, -0.2) is 0 Å². The summed E-state index contributed by atoms with van der Waals surface area (Å²) in [5.41, 5.74) is 0. The van der Waals surface area contributed by atoms with E-state index >= 15 is 0 Å². The third kappa shape index (κ3) is 3.25. The largest absolute Gasteiger partial charge is 0.378 e. The molecule has 1 saturated carbocycles. The fourth-order valence-corrected chi connectivity index (χ4v) is 2.66. The number of hydrogen-bond donors (Lipinski definition) is 1. The highest BCUT2D eigenvalue weighted by atomic mass is 16.5. The maximum atomic E-state index is 5.58. The van der Waals surface area contributed by atoms with Crippen LogP contribution in [-0.4, -0.2) is 25.8 Å². The van der Waals surface area contributed by atoms with Gasteiger partial charge in [-0.3, -0.25) is 0 Å². The first kappa shape index (κ1) is 10.4. The predicted molar refractivity (Wildman–Crippen MR) is 58.4 cm³/mol. The summed E-state index contributed by atoms with van der Waals surface area (Å²) in [6, 6.07) is 0. The average molecular weight is 197 g/mol. The van der Waals surface area contributed by atoms with Gasteiger partial charge in [0.05, 0.1) is 6.10 Å². The second-order valence-electron chi connectivity index (χ2n) is 4.78. The molecule has 82 valence electrons. The van der Waals surface area contributed by atoms with Crippen molar-refractivity contribution in [2.45, 2.75) is 51.0 Å². The van der Waals surface area contributed by atoms with Crippen LogP contribution < -0.4 is 5.32 Å². The van der Waals surface area contributed by atoms with Crippen LogP contribution in [0.5, 0.6) is 0 Å². The summed E-state index contributed by atoms with van der Waals surface area (Å²) in [7, 11) is 0. The van der Waals surface area contributed by atoms with E-state index in [1.165, 1.54) is 51.5 Å². The van der Waals surface area contributed by atoms with E-state index in [4.69, 9.17) is 4.74 Å². The Balaban J connectivity index is 1.46. The van der Waals surface area contributed by atoms with Crippen molar-refractivity contribution < 1.29 is 4.74 Å². The predicted octanol–water partition coefficient (Wildman–Crippen LogP) is 2.34. The molecule has 2 fully saturated rings. The molecule has 2 rings (SSSR count). The van der Waals surface area contributed by atoms with Crippen LogP contribution in [0.15, 0.2) is 0 Å². The third-order valence-electron chi connectivity index (χ3n) is 3.57. The van der Waals surface area contributed by atoms with Gasteiger partial charge in [-0.2, -0.15) is 0 Å². The van der Waals surface area contributed by atoms with Gasteiger partial charge in [0.25, 0.3) is 0 Å². The number of hydrogen-bond acceptors (Lipinski definition) is 2. The molecule has 1 N–H and O–H groups in total. The van der Waals surface area contributed by atoms with Gasteiger partial charge in [-0.1, -0.05) is 12.8 Å². The topological polar surface area (TPSA) is 21.3 Å². The normalized spacial score (nSPS) is 28.7. The quantitative estimate of drug-likeness (QED) is 0.683. The van der Waals surface area contributed by atoms with E-state index in [0.717, 1.165) is 19.1 Å². The molecule has 2 aliphatic rings. The summed E-state index contributed by atoms with van der Waals surface area (Å²) < 4.78 is 5.58. The van der Waals surface area contributed by atoms with Crippen LogP contribution >= 0.6 is 0 Å². The van der Waals surface area contributed by atoms with Crippen LogP contribution in [0.25, 0.3) is 0 Å². The Morgan fingerprint density at radius 2 is 1.93 bits per heavy atom. The van der Waals surface area contributed by atoms with Gasteiger partial charge in [-0.15, -0.1) is 0 Å². The van der Waals surface area contributed by atoms with E-state index in [1.54, 1.807) is 0 Å². The summed E-state index contributed by atoms with van der Waals surface area (Å²) in [5, 5.41) is 3.57. The number of rotatable bonds is 5. The van der Waals surface area contributed by atoms with E-state index in [-0.39, 0.29) is 0 Å². The first-order chi connectivity index (χ1) is 6.95. The average Bonchev–Trinajstić information content (AvgIpc) is 2.86. The zero-order valence-electron chi connectivity index (χ0n) is 9.13. The molecule has 0 radical (unpaired) electrons. The fourth-order valence-electron chi connectivity index (χ4n) is 2.66. The van der Waals surface area contributed by atoms with Crippen LogP contribution in [0, 0.1) is 5.92 Å². The Bertz CT molecular complexity index is 130. The summed E-state index contributed by atoms with van der Waals surface area (Å²) in [4.78, 5) is 0. The van der Waals surface area contributed by atoms with Crippen LogP contribution in [-0.2, 0) is 4.74 Å². The first-order valence-corrected chi connectivity index (χ1v) is 6.27. The van der Waals surface area contributed by atoms with E-state index in [1.807, 2.05) is 0 Å². The Labute approximate surface area is 87.4 Å². The lowest BCUT2D eigenvalue weighted by molar-refractivity contribution is 0.104. The molecule has 1 atom stereocenters. The maximum Gasteiger partial charge on any atom is 0.0588 e. The van der Waals surface area contributed by atoms with Crippen molar-refractivity contribution in [2.24, 2.45) is 5.92 Å². The molecular formula is C12H23NO. The molecule has 0 aromatic rings. The molecule has 14 heavy (non-hydrogen) atoms. The minimum absolute atomic E-state index is 0.561. The second kappa shape index (κ2) is 5.72. The molecule has 0 amide bonds. The minimum atomic E-state index is 0.561. The smallest absolute Gasteiger partial charge is 0.0588 e. The van der Waals surface area contributed by atoms with Gasteiger partial charge in [0.2, 0.25) is 0 Å². The molecule has 1 unspecified atom stereocenters. The van der Waals surface area contributed by atoms with Gasteiger partial charge in [-0.05, 0) is 51.1 Å². The zero-order chi connectivity index (χ0) is 9.64. The summed E-state index contributed by atoms with van der Waals surface area (Å²) >= 11 is 0. The summed E-state index contributed by atoms with van der Waals surface area (Å²) in [6.07, 6.45) is 10.1. The minimum Gasteiger partial charge on any atom is -0.378 e. The van der Waals surface area contributed by atoms with Gasteiger partial charge >= 0.3 is 0 Å². The summed E-state index contributed by atoms with van der Waals surface area (Å²) in [5.74, 6) is 0.972. The van der Waals surface area contributed by atoms with Crippen molar-refractivity contribution in [1.29, 1.82) is 0 Å². The van der Waals surface area contributed by atoms with Crippen LogP contribution in [0.3, 0.4) is 0 Å². The Hall–Kier alpha value is -0.0800. The number of nitrogens with one attached hydrogen (secondary N) is 1. The first-order valence-electron chi connectivity index (χ1n) is 6.27. The standard InChI is InChI=1S/C12H23NO/c1-2-5-11(4-1)10-13-8-7-12-6-3-9-14-12/h11-13H,1-10H2. The fraction of sp³-hybridized carbons (Fsp3) is 1.00. The van der Waals surface area contributed by atoms with Crippen molar-refractivity contribution >= 4 is 0 Å². The molecule has 0 spiro atoms. The van der Waals surface area contributed by atoms with Crippen molar-refractivity contribution in [1.82, 2.24) is 5.32 Å². The Morgan fingerprint density at radius 1 is 1.07 bits per heavy atom. The van der Waals surface area contributed by atoms with Gasteiger partial charge in [0.1, 0.15) is 0 Å². The molecule has 2 heteroatoms. The molecule has 1 heterocycles. The lowest BCUT2D eigenvalue weighted by Gasteiger charge is -2.12. The Kier molecular flexibility index (Phi) is 4.26. The molecule has 1 aliphatic carbocycles. The summed E-state index contributed by atoms with van der Waals surface area (Å²) in [6.45, 7) is 3.39. The van der Waals surface area contributed by atoms with E-state index in [2.05, 4.69) is 5.32 Å². The molecule has 0 bridgehead atoms. The van der Waals surface area contributed by atoms with Crippen molar-refractivity contribution in [3.63, 3.8) is 0 Å². The molecule has 1 saturated heterocycles. The van der Waals surface area contributed by atoms with Gasteiger partial charge in [0.15, 0.2) is 0 Å². The molecular weight excluding hydrogens is 174 g/mol. The monoisotopic (exact) mass is 197 g/mol. The SMILES string of the molecule is C1CCC(CNCCC2CCCO2)C1. The third-order valence-corrected chi connectivity index (χ3v) is 3.57. The lowest BCUT2D eigenvalue weighted by atomic mass is 10.1. The van der Waals surface area contributed by atoms with Crippen LogP contribution in [0.4, 0.5) is 0 Å². The van der Waals surface area contributed by atoms with E-state index in [9.17, 15) is 0 Å². The van der Waals surface area contributed by atoms with Gasteiger partial charge in [0, 0.05) is 6.61 Å². The zero-order valence-corrected chi connectivity index (χ0v) is 9.13. The Morgan fingerprint density at radius 3 is 2.64 bits per heavy atom. The second-order valence-corrected chi connectivity index (χ2v) is 4.78. The van der Waals surface area contributed by atoms with Gasteiger partial charge < -0.3 is 10.1 Å².